The molecule has 2 rings (SSSR count). The molecule has 14 heavy (non-hydrogen) atoms. The summed E-state index contributed by atoms with van der Waals surface area (Å²) in [5, 5.41) is 15.2. The van der Waals surface area contributed by atoms with Crippen LogP contribution in [-0.4, -0.2) is 15.0 Å². The van der Waals surface area contributed by atoms with Crippen LogP contribution in [0.5, 0.6) is 0 Å². The fourth-order valence-electron chi connectivity index (χ4n) is 1.20. The molecule has 0 spiro atoms. The number of aryl methyl sites for hydroxylation is 1. The molecule has 0 atom stereocenters. The van der Waals surface area contributed by atoms with Gasteiger partial charge >= 0.3 is 0 Å². The van der Waals surface area contributed by atoms with E-state index in [1.807, 2.05) is 7.05 Å². The summed E-state index contributed by atoms with van der Waals surface area (Å²) in [7, 11) is 1.90. The Kier molecular flexibility index (Phi) is 2.90. The Morgan fingerprint density at radius 2 is 2.43 bits per heavy atom. The van der Waals surface area contributed by atoms with Crippen LogP contribution in [0.25, 0.3) is 0 Å². The first-order valence-electron chi connectivity index (χ1n) is 4.41. The Morgan fingerprint density at radius 1 is 1.50 bits per heavy atom. The second-order valence-corrected chi connectivity index (χ2v) is 3.86. The van der Waals surface area contributed by atoms with Gasteiger partial charge in [-0.3, -0.25) is 4.68 Å². The van der Waals surface area contributed by atoms with E-state index in [-0.39, 0.29) is 0 Å². The molecule has 2 heterocycles. The van der Waals surface area contributed by atoms with Gasteiger partial charge in [0.05, 0.1) is 11.9 Å². The smallest absolute Gasteiger partial charge is 0.0738 e. The second-order valence-electron chi connectivity index (χ2n) is 3.08. The summed E-state index contributed by atoms with van der Waals surface area (Å²) in [6.07, 6.45) is 1.78. The van der Waals surface area contributed by atoms with Gasteiger partial charge in [0.2, 0.25) is 0 Å². The van der Waals surface area contributed by atoms with Crippen LogP contribution in [-0.2, 0) is 20.1 Å². The Morgan fingerprint density at radius 3 is 3.07 bits per heavy atom. The van der Waals surface area contributed by atoms with E-state index in [4.69, 9.17) is 0 Å². The van der Waals surface area contributed by atoms with E-state index in [1.165, 1.54) is 5.56 Å². The lowest BCUT2D eigenvalue weighted by Crippen LogP contribution is -2.14. The molecule has 0 bridgehead atoms. The normalized spacial score (nSPS) is 10.6. The van der Waals surface area contributed by atoms with Crippen molar-refractivity contribution in [3.05, 3.63) is 34.3 Å². The maximum absolute atomic E-state index is 3.86. The molecule has 1 N–H and O–H groups in total. The zero-order valence-electron chi connectivity index (χ0n) is 7.97. The first-order chi connectivity index (χ1) is 6.86. The Balaban J connectivity index is 1.81. The number of nitrogens with zero attached hydrogens (tertiary/aromatic N) is 3. The van der Waals surface area contributed by atoms with Gasteiger partial charge in [-0.05, 0) is 22.4 Å². The molecule has 0 aliphatic carbocycles. The number of rotatable bonds is 4. The third-order valence-corrected chi connectivity index (χ3v) is 2.76. The third kappa shape index (κ3) is 2.18. The molecule has 0 aliphatic heterocycles. The maximum atomic E-state index is 3.86. The number of hydrogen-bond acceptors (Lipinski definition) is 4. The predicted octanol–water partition coefficient (Wildman–Crippen LogP) is 1.17. The molecule has 74 valence electrons. The van der Waals surface area contributed by atoms with Crippen LogP contribution in [0, 0.1) is 0 Å². The zero-order chi connectivity index (χ0) is 9.80. The minimum atomic E-state index is 0.805. The molecule has 0 aliphatic rings. The van der Waals surface area contributed by atoms with Crippen LogP contribution in [0.3, 0.4) is 0 Å². The molecular weight excluding hydrogens is 196 g/mol. The summed E-state index contributed by atoms with van der Waals surface area (Å²) < 4.78 is 1.78. The zero-order valence-corrected chi connectivity index (χ0v) is 8.79. The lowest BCUT2D eigenvalue weighted by molar-refractivity contribution is 0.617. The summed E-state index contributed by atoms with van der Waals surface area (Å²) in [6, 6.07) is 2.12. The summed E-state index contributed by atoms with van der Waals surface area (Å²) in [4.78, 5) is 0. The Labute approximate surface area is 86.6 Å². The van der Waals surface area contributed by atoms with Crippen molar-refractivity contribution in [3.63, 3.8) is 0 Å². The van der Waals surface area contributed by atoms with Gasteiger partial charge in [0.25, 0.3) is 0 Å². The standard InChI is InChI=1S/C9H12N4S/c1-13-9(6-11-12-13)5-10-4-8-2-3-14-7-8/h2-3,6-7,10H,4-5H2,1H3. The SMILES string of the molecule is Cn1nncc1CNCc1ccsc1. The van der Waals surface area contributed by atoms with Crippen molar-refractivity contribution in [2.45, 2.75) is 13.1 Å². The summed E-state index contributed by atoms with van der Waals surface area (Å²) in [5.41, 5.74) is 2.42. The highest BCUT2D eigenvalue weighted by Gasteiger charge is 1.98. The predicted molar refractivity (Wildman–Crippen MR) is 55.9 cm³/mol. The highest BCUT2D eigenvalue weighted by molar-refractivity contribution is 7.07. The first-order valence-corrected chi connectivity index (χ1v) is 5.36. The average Bonchev–Trinajstić information content (AvgIpc) is 2.78. The number of thiophene rings is 1. The van der Waals surface area contributed by atoms with E-state index in [2.05, 4.69) is 32.5 Å². The number of hydrogen-bond donors (Lipinski definition) is 1. The quantitative estimate of drug-likeness (QED) is 0.820. The summed E-state index contributed by atoms with van der Waals surface area (Å²) in [6.45, 7) is 1.70. The fourth-order valence-corrected chi connectivity index (χ4v) is 1.87. The van der Waals surface area contributed by atoms with E-state index in [0.29, 0.717) is 0 Å². The molecule has 2 aromatic rings. The van der Waals surface area contributed by atoms with Crippen LogP contribution in [0.2, 0.25) is 0 Å². The van der Waals surface area contributed by atoms with Crippen LogP contribution in [0.1, 0.15) is 11.3 Å². The van der Waals surface area contributed by atoms with Gasteiger partial charge in [-0.25, -0.2) is 0 Å². The van der Waals surface area contributed by atoms with E-state index in [1.54, 1.807) is 22.2 Å². The minimum Gasteiger partial charge on any atom is -0.307 e. The summed E-state index contributed by atoms with van der Waals surface area (Å²) >= 11 is 1.72. The summed E-state index contributed by atoms with van der Waals surface area (Å²) in [5.74, 6) is 0. The topological polar surface area (TPSA) is 42.7 Å². The van der Waals surface area contributed by atoms with E-state index >= 15 is 0 Å². The molecule has 0 saturated heterocycles. The molecular formula is C9H12N4S. The lowest BCUT2D eigenvalue weighted by atomic mass is 10.3. The Bertz CT molecular complexity index is 379. The number of nitrogens with one attached hydrogen (secondary N) is 1. The molecule has 0 aromatic carbocycles. The van der Waals surface area contributed by atoms with Gasteiger partial charge in [0.15, 0.2) is 0 Å². The Hall–Kier alpha value is -1.20. The maximum Gasteiger partial charge on any atom is 0.0738 e. The van der Waals surface area contributed by atoms with Crippen LogP contribution >= 0.6 is 11.3 Å². The van der Waals surface area contributed by atoms with Crippen molar-refractivity contribution in [3.8, 4) is 0 Å². The second kappa shape index (κ2) is 4.34. The van der Waals surface area contributed by atoms with Gasteiger partial charge in [-0.15, -0.1) is 5.10 Å². The van der Waals surface area contributed by atoms with Gasteiger partial charge in [-0.2, -0.15) is 11.3 Å². The first kappa shape index (κ1) is 9.36. The van der Waals surface area contributed by atoms with Crippen LogP contribution < -0.4 is 5.32 Å². The van der Waals surface area contributed by atoms with Crippen molar-refractivity contribution in [2.24, 2.45) is 7.05 Å². The molecule has 2 aromatic heterocycles. The van der Waals surface area contributed by atoms with Crippen LogP contribution in [0.4, 0.5) is 0 Å². The molecule has 0 amide bonds. The molecule has 4 nitrogen and oxygen atoms in total. The largest absolute Gasteiger partial charge is 0.307 e. The molecule has 0 fully saturated rings. The molecule has 0 unspecified atom stereocenters. The van der Waals surface area contributed by atoms with Crippen molar-refractivity contribution in [1.29, 1.82) is 0 Å². The van der Waals surface area contributed by atoms with Crippen molar-refractivity contribution in [1.82, 2.24) is 20.3 Å². The molecule has 5 heteroatoms. The van der Waals surface area contributed by atoms with Gasteiger partial charge < -0.3 is 5.32 Å². The van der Waals surface area contributed by atoms with E-state index < -0.39 is 0 Å². The van der Waals surface area contributed by atoms with Crippen LogP contribution in [0.15, 0.2) is 23.0 Å². The molecule has 0 radical (unpaired) electrons. The number of aromatic nitrogens is 3. The highest BCUT2D eigenvalue weighted by Crippen LogP contribution is 2.05. The lowest BCUT2D eigenvalue weighted by Gasteiger charge is -2.02. The van der Waals surface area contributed by atoms with Gasteiger partial charge in [0.1, 0.15) is 0 Å². The van der Waals surface area contributed by atoms with Gasteiger partial charge in [-0.1, -0.05) is 5.21 Å². The fraction of sp³-hybridized carbons (Fsp3) is 0.333. The highest BCUT2D eigenvalue weighted by atomic mass is 32.1. The van der Waals surface area contributed by atoms with E-state index in [9.17, 15) is 0 Å². The minimum absolute atomic E-state index is 0.805. The van der Waals surface area contributed by atoms with Crippen molar-refractivity contribution >= 4 is 11.3 Å². The molecule has 0 saturated carbocycles. The van der Waals surface area contributed by atoms with Crippen molar-refractivity contribution in [2.75, 3.05) is 0 Å². The average molecular weight is 208 g/mol. The monoisotopic (exact) mass is 208 g/mol. The van der Waals surface area contributed by atoms with Gasteiger partial charge in [0, 0.05) is 20.1 Å². The van der Waals surface area contributed by atoms with Crippen molar-refractivity contribution < 1.29 is 0 Å². The van der Waals surface area contributed by atoms with E-state index in [0.717, 1.165) is 18.8 Å². The third-order valence-electron chi connectivity index (χ3n) is 2.02.